The maximum atomic E-state index is 11.9. The van der Waals surface area contributed by atoms with Crippen LogP contribution in [0.25, 0.3) is 22.9 Å². The maximum absolute atomic E-state index is 11.9. The first-order valence-corrected chi connectivity index (χ1v) is 15.2. The predicted molar refractivity (Wildman–Crippen MR) is 174 cm³/mol. The number of rotatable bonds is 11. The van der Waals surface area contributed by atoms with Gasteiger partial charge in [0.25, 0.3) is 5.56 Å². The third-order valence-electron chi connectivity index (χ3n) is 7.21. The van der Waals surface area contributed by atoms with E-state index in [1.165, 1.54) is 29.6 Å². The molecule has 46 heavy (non-hydrogen) atoms. The Morgan fingerprint density at radius 2 is 1.59 bits per heavy atom. The highest BCUT2D eigenvalue weighted by atomic mass is 16.5. The van der Waals surface area contributed by atoms with Gasteiger partial charge in [0.2, 0.25) is 0 Å². The summed E-state index contributed by atoms with van der Waals surface area (Å²) in [6.07, 6.45) is 2.84. The molecule has 2 N–H and O–H groups in total. The zero-order valence-corrected chi connectivity index (χ0v) is 27.0. The van der Waals surface area contributed by atoms with Gasteiger partial charge in [-0.05, 0) is 57.0 Å². The summed E-state index contributed by atoms with van der Waals surface area (Å²) in [6, 6.07) is 14.3. The number of hydrogen-bond acceptors (Lipinski definition) is 9. The second-order valence-corrected chi connectivity index (χ2v) is 10.3. The van der Waals surface area contributed by atoms with Gasteiger partial charge in [0, 0.05) is 38.6 Å². The van der Waals surface area contributed by atoms with Crippen molar-refractivity contribution in [3.05, 3.63) is 86.3 Å². The minimum absolute atomic E-state index is 0.108. The summed E-state index contributed by atoms with van der Waals surface area (Å²) in [5.41, 5.74) is 3.40. The molecule has 0 bridgehead atoms. The molecule has 0 radical (unpaired) electrons. The number of aliphatic carboxylic acids is 1. The zero-order chi connectivity index (χ0) is 33.4. The fourth-order valence-corrected chi connectivity index (χ4v) is 5.21. The van der Waals surface area contributed by atoms with Crippen molar-refractivity contribution in [1.29, 1.82) is 0 Å². The van der Waals surface area contributed by atoms with Crippen LogP contribution in [0.3, 0.4) is 0 Å². The first-order chi connectivity index (χ1) is 22.1. The third-order valence-corrected chi connectivity index (χ3v) is 7.21. The van der Waals surface area contributed by atoms with Crippen LogP contribution >= 0.6 is 0 Å². The van der Waals surface area contributed by atoms with E-state index in [-0.39, 0.29) is 30.0 Å². The molecule has 0 aliphatic carbocycles. The Labute approximate surface area is 266 Å². The fourth-order valence-electron chi connectivity index (χ4n) is 5.21. The molecule has 5 rings (SSSR count). The van der Waals surface area contributed by atoms with Crippen LogP contribution in [0.15, 0.2) is 58.4 Å². The first-order valence-electron chi connectivity index (χ1n) is 15.2. The Bertz CT molecular complexity index is 1810. The molecule has 1 aliphatic heterocycles. The van der Waals surface area contributed by atoms with Crippen molar-refractivity contribution in [2.75, 3.05) is 26.4 Å². The number of carboxylic acid groups (broad SMARTS) is 1. The number of fused-ring (bicyclic) bond motifs is 2. The Kier molecular flexibility index (Phi) is 11.4. The van der Waals surface area contributed by atoms with Crippen molar-refractivity contribution in [2.24, 2.45) is 14.1 Å². The van der Waals surface area contributed by atoms with Crippen LogP contribution in [0.2, 0.25) is 0 Å². The molecular formula is C33H41N5O8. The van der Waals surface area contributed by atoms with E-state index in [0.29, 0.717) is 26.4 Å². The largest absolute Gasteiger partial charge is 0.490 e. The lowest BCUT2D eigenvalue weighted by molar-refractivity contribution is -0.137. The molecular weight excluding hydrogens is 594 g/mol. The zero-order valence-electron chi connectivity index (χ0n) is 27.0. The average Bonchev–Trinajstić information content (AvgIpc) is 3.45. The highest BCUT2D eigenvalue weighted by Gasteiger charge is 2.34. The molecule has 2 atom stereocenters. The lowest BCUT2D eigenvalue weighted by atomic mass is 9.92. The van der Waals surface area contributed by atoms with E-state index in [1.807, 2.05) is 58.0 Å². The van der Waals surface area contributed by atoms with Gasteiger partial charge in [-0.1, -0.05) is 30.3 Å². The number of imidazole rings is 1. The van der Waals surface area contributed by atoms with Crippen molar-refractivity contribution < 1.29 is 28.8 Å². The first kappa shape index (κ1) is 34.0. The molecule has 1 aliphatic rings. The molecule has 0 amide bonds. The summed E-state index contributed by atoms with van der Waals surface area (Å²) in [7, 11) is 2.81. The Hall–Kier alpha value is -4.88. The van der Waals surface area contributed by atoms with Gasteiger partial charge in [-0.3, -0.25) is 18.7 Å². The van der Waals surface area contributed by atoms with Gasteiger partial charge in [0.1, 0.15) is 12.6 Å². The minimum atomic E-state index is -1.08. The quantitative estimate of drug-likeness (QED) is 0.251. The standard InChI is InChI=1S/C24H31NO4.C9H10N4O4/c1-5-26-21-15-18-19(16-22(21)27-6-2)23(28-7-3)24(29-8-4)25-20(18)14-17-12-10-9-11-13-17;1-11-7-6(8(16)12(2)9(11)17)13(4-10-7)3-5(14)15/h9-16,23-25H,5-8H2,1-4H3;4H,3H2,1-2H3,(H,14,15). The lowest BCUT2D eigenvalue weighted by Crippen LogP contribution is -2.41. The summed E-state index contributed by atoms with van der Waals surface area (Å²) >= 11 is 0. The number of benzene rings is 2. The van der Waals surface area contributed by atoms with Gasteiger partial charge in [-0.15, -0.1) is 0 Å². The smallest absolute Gasteiger partial charge is 0.332 e. The summed E-state index contributed by atoms with van der Waals surface area (Å²) in [5, 5.41) is 12.2. The molecule has 0 fully saturated rings. The van der Waals surface area contributed by atoms with E-state index < -0.39 is 17.2 Å². The van der Waals surface area contributed by atoms with Gasteiger partial charge in [-0.2, -0.15) is 0 Å². The molecule has 2 aromatic heterocycles. The minimum Gasteiger partial charge on any atom is -0.490 e. The van der Waals surface area contributed by atoms with Gasteiger partial charge < -0.3 is 33.9 Å². The SMILES string of the molecule is CCOc1cc2c(cc1OCC)C(OCC)C(OCC)NC2=Cc1ccccc1.Cn1c(=O)c2c(ncn2CC(=O)O)n(C)c1=O. The lowest BCUT2D eigenvalue weighted by Gasteiger charge is -2.36. The Morgan fingerprint density at radius 1 is 0.935 bits per heavy atom. The Balaban J connectivity index is 0.000000240. The summed E-state index contributed by atoms with van der Waals surface area (Å²) in [4.78, 5) is 38.0. The molecule has 13 heteroatoms. The molecule has 2 unspecified atom stereocenters. The van der Waals surface area contributed by atoms with Gasteiger partial charge in [0.05, 0.1) is 19.5 Å². The van der Waals surface area contributed by atoms with E-state index in [2.05, 4.69) is 28.5 Å². The number of hydrogen-bond donors (Lipinski definition) is 2. The number of nitrogens with one attached hydrogen (secondary N) is 1. The van der Waals surface area contributed by atoms with Crippen LogP contribution < -0.4 is 26.0 Å². The maximum Gasteiger partial charge on any atom is 0.332 e. The number of carboxylic acids is 1. The van der Waals surface area contributed by atoms with E-state index in [0.717, 1.165) is 38.5 Å². The van der Waals surface area contributed by atoms with Crippen molar-refractivity contribution in [3.63, 3.8) is 0 Å². The van der Waals surface area contributed by atoms with Crippen LogP contribution in [-0.2, 0) is 34.9 Å². The highest BCUT2D eigenvalue weighted by molar-refractivity contribution is 5.84. The molecule has 0 saturated heterocycles. The van der Waals surface area contributed by atoms with E-state index in [4.69, 9.17) is 24.1 Å². The van der Waals surface area contributed by atoms with E-state index >= 15 is 0 Å². The van der Waals surface area contributed by atoms with E-state index in [9.17, 15) is 14.4 Å². The molecule has 246 valence electrons. The van der Waals surface area contributed by atoms with Gasteiger partial charge in [-0.25, -0.2) is 9.78 Å². The normalized spacial score (nSPS) is 16.3. The summed E-state index contributed by atoms with van der Waals surface area (Å²) in [6.45, 7) is 9.88. The average molecular weight is 636 g/mol. The van der Waals surface area contributed by atoms with Gasteiger partial charge >= 0.3 is 11.7 Å². The van der Waals surface area contributed by atoms with Crippen molar-refractivity contribution in [2.45, 2.75) is 46.6 Å². The molecule has 13 nitrogen and oxygen atoms in total. The number of aromatic nitrogens is 4. The molecule has 2 aromatic carbocycles. The van der Waals surface area contributed by atoms with Crippen LogP contribution in [0.1, 0.15) is 50.5 Å². The number of aryl methyl sites for hydroxylation is 1. The molecule has 0 spiro atoms. The molecule has 0 saturated carbocycles. The van der Waals surface area contributed by atoms with Crippen molar-refractivity contribution in [1.82, 2.24) is 24.0 Å². The van der Waals surface area contributed by atoms with Crippen LogP contribution in [0.4, 0.5) is 0 Å². The fraction of sp³-hybridized carbons (Fsp3) is 0.394. The van der Waals surface area contributed by atoms with Crippen LogP contribution in [0, 0.1) is 0 Å². The summed E-state index contributed by atoms with van der Waals surface area (Å²) < 4.78 is 27.2. The monoisotopic (exact) mass is 635 g/mol. The highest BCUT2D eigenvalue weighted by Crippen LogP contribution is 2.42. The second-order valence-electron chi connectivity index (χ2n) is 10.3. The number of carbonyl (C=O) groups is 1. The van der Waals surface area contributed by atoms with Crippen molar-refractivity contribution >= 4 is 28.9 Å². The van der Waals surface area contributed by atoms with Crippen molar-refractivity contribution in [3.8, 4) is 11.5 Å². The predicted octanol–water partition coefficient (Wildman–Crippen LogP) is 3.54. The third kappa shape index (κ3) is 7.32. The molecule has 3 heterocycles. The topological polar surface area (TPSA) is 148 Å². The summed E-state index contributed by atoms with van der Waals surface area (Å²) in [5.74, 6) is 0.383. The Morgan fingerprint density at radius 3 is 2.20 bits per heavy atom. The van der Waals surface area contributed by atoms with E-state index in [1.54, 1.807) is 0 Å². The van der Waals surface area contributed by atoms with Crippen LogP contribution in [0.5, 0.6) is 11.5 Å². The molecule has 4 aromatic rings. The number of ether oxygens (including phenoxy) is 4. The van der Waals surface area contributed by atoms with Gasteiger partial charge in [0.15, 0.2) is 28.9 Å². The number of nitrogens with zero attached hydrogens (tertiary/aromatic N) is 4. The van der Waals surface area contributed by atoms with Crippen LogP contribution in [-0.4, -0.2) is 62.4 Å². The second kappa shape index (κ2) is 15.4.